The molecule has 0 saturated carbocycles. The standard InChI is InChI=1S/C27H26N4O5/c1-3-30(4-2)15-17-5-8-19(9-6-17)28-26(18-7-12-23-24(13-18)36-16-35-23)25-21-11-10-20(31(33)34)14-22(21)29-27(25)32/h5-14,28H,3-4,15-16H2,1-2H3,(H,29,32)/b26-25-. The summed E-state index contributed by atoms with van der Waals surface area (Å²) in [7, 11) is 0. The quantitative estimate of drug-likeness (QED) is 0.259. The first-order chi connectivity index (χ1) is 17.5. The number of amides is 1. The minimum Gasteiger partial charge on any atom is -0.454 e. The Morgan fingerprint density at radius 3 is 2.50 bits per heavy atom. The van der Waals surface area contributed by atoms with Crippen LogP contribution >= 0.6 is 0 Å². The number of rotatable bonds is 8. The van der Waals surface area contributed by atoms with Crippen molar-refractivity contribution in [2.45, 2.75) is 20.4 Å². The van der Waals surface area contributed by atoms with E-state index in [1.165, 1.54) is 17.7 Å². The van der Waals surface area contributed by atoms with Crippen molar-refractivity contribution in [2.75, 3.05) is 30.5 Å². The van der Waals surface area contributed by atoms with Gasteiger partial charge in [-0.25, -0.2) is 0 Å². The molecule has 9 heteroatoms. The van der Waals surface area contributed by atoms with Crippen LogP contribution in [0.2, 0.25) is 0 Å². The molecule has 2 aliphatic heterocycles. The van der Waals surface area contributed by atoms with Gasteiger partial charge in [-0.2, -0.15) is 0 Å². The van der Waals surface area contributed by atoms with Crippen molar-refractivity contribution in [1.29, 1.82) is 0 Å². The number of nitro benzene ring substituents is 1. The summed E-state index contributed by atoms with van der Waals surface area (Å²) in [5, 5.41) is 17.4. The second kappa shape index (κ2) is 9.71. The number of fused-ring (bicyclic) bond motifs is 2. The summed E-state index contributed by atoms with van der Waals surface area (Å²) >= 11 is 0. The lowest BCUT2D eigenvalue weighted by molar-refractivity contribution is -0.384. The lowest BCUT2D eigenvalue weighted by atomic mass is 9.99. The van der Waals surface area contributed by atoms with Gasteiger partial charge in [0.1, 0.15) is 0 Å². The van der Waals surface area contributed by atoms with Crippen LogP contribution < -0.4 is 20.1 Å². The third-order valence-electron chi connectivity index (χ3n) is 6.39. The Hall–Kier alpha value is -4.37. The van der Waals surface area contributed by atoms with E-state index in [2.05, 4.69) is 41.5 Å². The van der Waals surface area contributed by atoms with Crippen LogP contribution in [0, 0.1) is 10.1 Å². The molecule has 0 atom stereocenters. The van der Waals surface area contributed by atoms with Gasteiger partial charge in [0.25, 0.3) is 11.6 Å². The summed E-state index contributed by atoms with van der Waals surface area (Å²) in [6.07, 6.45) is 0. The Bertz CT molecular complexity index is 1360. The van der Waals surface area contributed by atoms with E-state index in [0.29, 0.717) is 34.0 Å². The van der Waals surface area contributed by atoms with Gasteiger partial charge in [-0.3, -0.25) is 19.8 Å². The number of carbonyl (C=O) groups is 1. The van der Waals surface area contributed by atoms with Crippen LogP contribution in [0.3, 0.4) is 0 Å². The minimum atomic E-state index is -0.481. The zero-order valence-electron chi connectivity index (χ0n) is 20.0. The lowest BCUT2D eigenvalue weighted by Crippen LogP contribution is -2.22. The SMILES string of the molecule is CCN(CC)Cc1ccc(N/C(=C2\C(=O)Nc3cc([N+](=O)[O-])ccc32)c2ccc3c(c2)OCO3)cc1. The van der Waals surface area contributed by atoms with Crippen molar-refractivity contribution < 1.29 is 19.2 Å². The van der Waals surface area contributed by atoms with Crippen LogP contribution in [0.15, 0.2) is 60.7 Å². The zero-order chi connectivity index (χ0) is 25.2. The number of nitrogens with zero attached hydrogens (tertiary/aromatic N) is 2. The van der Waals surface area contributed by atoms with E-state index in [1.54, 1.807) is 12.1 Å². The molecule has 9 nitrogen and oxygen atoms in total. The Balaban J connectivity index is 1.56. The summed E-state index contributed by atoms with van der Waals surface area (Å²) in [5.41, 5.74) is 4.59. The van der Waals surface area contributed by atoms with Crippen LogP contribution in [0.1, 0.15) is 30.5 Å². The number of benzene rings is 3. The molecule has 0 spiro atoms. The number of hydrogen-bond donors (Lipinski definition) is 2. The number of non-ortho nitro benzene ring substituents is 1. The number of carbonyl (C=O) groups excluding carboxylic acids is 1. The summed E-state index contributed by atoms with van der Waals surface area (Å²) < 4.78 is 11.0. The van der Waals surface area contributed by atoms with Gasteiger partial charge in [-0.05, 0) is 55.1 Å². The topological polar surface area (TPSA) is 106 Å². The van der Waals surface area contributed by atoms with Crippen LogP contribution in [0.5, 0.6) is 11.5 Å². The highest BCUT2D eigenvalue weighted by Crippen LogP contribution is 2.41. The van der Waals surface area contributed by atoms with Crippen molar-refractivity contribution in [1.82, 2.24) is 4.90 Å². The molecule has 0 unspecified atom stereocenters. The van der Waals surface area contributed by atoms with E-state index in [1.807, 2.05) is 24.3 Å². The second-order valence-electron chi connectivity index (χ2n) is 8.54. The first-order valence-corrected chi connectivity index (χ1v) is 11.8. The second-order valence-corrected chi connectivity index (χ2v) is 8.54. The minimum absolute atomic E-state index is 0.0864. The third kappa shape index (κ3) is 4.48. The molecule has 0 bridgehead atoms. The predicted octanol–water partition coefficient (Wildman–Crippen LogP) is 5.10. The van der Waals surface area contributed by atoms with Crippen molar-refractivity contribution in [3.8, 4) is 11.5 Å². The van der Waals surface area contributed by atoms with Crippen LogP contribution in [0.25, 0.3) is 11.3 Å². The van der Waals surface area contributed by atoms with Gasteiger partial charge in [0.05, 0.1) is 21.9 Å². The molecular formula is C27H26N4O5. The summed E-state index contributed by atoms with van der Waals surface area (Å²) in [4.78, 5) is 26.2. The van der Waals surface area contributed by atoms with Crippen LogP contribution in [-0.4, -0.2) is 35.6 Å². The molecule has 2 heterocycles. The monoisotopic (exact) mass is 486 g/mol. The molecule has 1 amide bonds. The first-order valence-electron chi connectivity index (χ1n) is 11.8. The molecule has 36 heavy (non-hydrogen) atoms. The summed E-state index contributed by atoms with van der Waals surface area (Å²) in [6, 6.07) is 17.9. The largest absolute Gasteiger partial charge is 0.454 e. The van der Waals surface area contributed by atoms with Gasteiger partial charge in [0.2, 0.25) is 6.79 Å². The average Bonchev–Trinajstić information content (AvgIpc) is 3.49. The Kier molecular flexibility index (Phi) is 6.30. The molecule has 3 aromatic carbocycles. The van der Waals surface area contributed by atoms with Gasteiger partial charge in [0.15, 0.2) is 11.5 Å². The molecular weight excluding hydrogens is 460 g/mol. The van der Waals surface area contributed by atoms with Crippen molar-refractivity contribution in [3.05, 3.63) is 87.5 Å². The number of anilines is 2. The fourth-order valence-electron chi connectivity index (χ4n) is 4.40. The first kappa shape index (κ1) is 23.4. The van der Waals surface area contributed by atoms with Gasteiger partial charge in [-0.15, -0.1) is 0 Å². The summed E-state index contributed by atoms with van der Waals surface area (Å²) in [5.74, 6) is 0.879. The van der Waals surface area contributed by atoms with E-state index in [-0.39, 0.29) is 18.4 Å². The third-order valence-corrected chi connectivity index (χ3v) is 6.39. The molecule has 5 rings (SSSR count). The molecule has 184 valence electrons. The van der Waals surface area contributed by atoms with Gasteiger partial charge in [-0.1, -0.05) is 26.0 Å². The highest BCUT2D eigenvalue weighted by atomic mass is 16.7. The molecule has 0 fully saturated rings. The van der Waals surface area contributed by atoms with Crippen molar-refractivity contribution in [2.24, 2.45) is 0 Å². The maximum atomic E-state index is 13.2. The zero-order valence-corrected chi connectivity index (χ0v) is 20.0. The van der Waals surface area contributed by atoms with Gasteiger partial charge < -0.3 is 20.1 Å². The van der Waals surface area contributed by atoms with Crippen molar-refractivity contribution >= 4 is 34.2 Å². The van der Waals surface area contributed by atoms with E-state index < -0.39 is 4.92 Å². The van der Waals surface area contributed by atoms with E-state index in [9.17, 15) is 14.9 Å². The highest BCUT2D eigenvalue weighted by molar-refractivity contribution is 6.37. The maximum Gasteiger partial charge on any atom is 0.271 e. The molecule has 0 saturated heterocycles. The van der Waals surface area contributed by atoms with Crippen LogP contribution in [0.4, 0.5) is 17.1 Å². The van der Waals surface area contributed by atoms with E-state index in [4.69, 9.17) is 9.47 Å². The average molecular weight is 487 g/mol. The molecule has 2 aliphatic rings. The Morgan fingerprint density at radius 2 is 1.78 bits per heavy atom. The van der Waals surface area contributed by atoms with Crippen LogP contribution in [-0.2, 0) is 11.3 Å². The predicted molar refractivity (Wildman–Crippen MR) is 138 cm³/mol. The molecule has 2 N–H and O–H groups in total. The Labute approximate surface area is 208 Å². The van der Waals surface area contributed by atoms with Gasteiger partial charge in [0, 0.05) is 35.5 Å². The normalized spacial score (nSPS) is 15.0. The lowest BCUT2D eigenvalue weighted by Gasteiger charge is -2.19. The van der Waals surface area contributed by atoms with E-state index in [0.717, 1.165) is 30.9 Å². The Morgan fingerprint density at radius 1 is 1.03 bits per heavy atom. The highest BCUT2D eigenvalue weighted by Gasteiger charge is 2.30. The van der Waals surface area contributed by atoms with Gasteiger partial charge >= 0.3 is 0 Å². The maximum absolute atomic E-state index is 13.2. The number of nitro groups is 1. The number of hydrogen-bond acceptors (Lipinski definition) is 7. The number of ether oxygens (including phenoxy) is 2. The fraction of sp³-hybridized carbons (Fsp3) is 0.222. The molecule has 0 radical (unpaired) electrons. The summed E-state index contributed by atoms with van der Waals surface area (Å²) in [6.45, 7) is 7.23. The smallest absolute Gasteiger partial charge is 0.271 e. The number of nitrogens with one attached hydrogen (secondary N) is 2. The van der Waals surface area contributed by atoms with E-state index >= 15 is 0 Å². The molecule has 0 aromatic heterocycles. The molecule has 0 aliphatic carbocycles. The fourth-order valence-corrected chi connectivity index (χ4v) is 4.40. The molecule has 3 aromatic rings. The van der Waals surface area contributed by atoms with Crippen molar-refractivity contribution in [3.63, 3.8) is 0 Å².